The van der Waals surface area contributed by atoms with Crippen molar-refractivity contribution < 1.29 is 13.5 Å². The molecule has 0 saturated carbocycles. The van der Waals surface area contributed by atoms with Crippen molar-refractivity contribution in [2.75, 3.05) is 0 Å². The third kappa shape index (κ3) is 2.22. The maximum absolute atomic E-state index is 14.8. The Morgan fingerprint density at radius 1 is 1.00 bits per heavy atom. The fourth-order valence-electron chi connectivity index (χ4n) is 3.26. The molecule has 2 aromatic carbocycles. The molecule has 1 aliphatic heterocycles. The quantitative estimate of drug-likeness (QED) is 0.484. The third-order valence-corrected chi connectivity index (χ3v) is 4.70. The summed E-state index contributed by atoms with van der Waals surface area (Å²) in [6.45, 7) is 2.82. The van der Waals surface area contributed by atoms with E-state index < -0.39 is 11.5 Å². The summed E-state index contributed by atoms with van der Waals surface area (Å²) in [6.07, 6.45) is 1.40. The largest absolute Gasteiger partial charge is 0.618 e. The molecule has 3 nitrogen and oxygen atoms in total. The highest BCUT2D eigenvalue weighted by molar-refractivity contribution is 6.15. The highest BCUT2D eigenvalue weighted by Gasteiger charge is 2.52. The second kappa shape index (κ2) is 5.09. The van der Waals surface area contributed by atoms with Gasteiger partial charge in [0.1, 0.15) is 5.54 Å². The molecular formula is C20H16F2N2O. The molecule has 0 spiro atoms. The van der Waals surface area contributed by atoms with Crippen LogP contribution in [0.15, 0.2) is 65.8 Å². The second-order valence-electron chi connectivity index (χ2n) is 6.75. The molecule has 0 aliphatic carbocycles. The molecule has 0 N–H and O–H groups in total. The first-order chi connectivity index (χ1) is 11.8. The molecule has 0 amide bonds. The van der Waals surface area contributed by atoms with Gasteiger partial charge in [0.25, 0.3) is 5.92 Å². The first-order valence-electron chi connectivity index (χ1n) is 8.01. The van der Waals surface area contributed by atoms with Crippen LogP contribution in [0.25, 0.3) is 10.9 Å². The minimum absolute atomic E-state index is 0.0596. The van der Waals surface area contributed by atoms with Crippen molar-refractivity contribution in [1.29, 1.82) is 0 Å². The van der Waals surface area contributed by atoms with Gasteiger partial charge in [0, 0.05) is 22.6 Å². The molecule has 1 aromatic heterocycles. The lowest BCUT2D eigenvalue weighted by atomic mass is 9.81. The van der Waals surface area contributed by atoms with Crippen LogP contribution in [0.2, 0.25) is 0 Å². The van der Waals surface area contributed by atoms with E-state index in [2.05, 4.69) is 4.99 Å². The first-order valence-corrected chi connectivity index (χ1v) is 8.01. The molecule has 0 atom stereocenters. The average molecular weight is 338 g/mol. The maximum atomic E-state index is 14.8. The number of nitrogens with zero attached hydrogens (tertiary/aromatic N) is 2. The summed E-state index contributed by atoms with van der Waals surface area (Å²) in [6, 6.07) is 15.3. The summed E-state index contributed by atoms with van der Waals surface area (Å²) >= 11 is 0. The molecule has 3 aromatic rings. The molecule has 126 valence electrons. The number of hydrogen-bond donors (Lipinski definition) is 0. The Labute approximate surface area is 143 Å². The van der Waals surface area contributed by atoms with Crippen LogP contribution in [-0.2, 0) is 5.92 Å². The normalized spacial score (nSPS) is 17.8. The topological polar surface area (TPSA) is 39.3 Å². The summed E-state index contributed by atoms with van der Waals surface area (Å²) in [5.74, 6) is -3.09. The van der Waals surface area contributed by atoms with Crippen LogP contribution in [0, 0.1) is 5.21 Å². The summed E-state index contributed by atoms with van der Waals surface area (Å²) in [5, 5.41) is 13.1. The Morgan fingerprint density at radius 2 is 1.68 bits per heavy atom. The molecule has 5 heteroatoms. The Morgan fingerprint density at radius 3 is 2.48 bits per heavy atom. The Balaban J connectivity index is 2.01. The fourth-order valence-corrected chi connectivity index (χ4v) is 3.26. The van der Waals surface area contributed by atoms with E-state index >= 15 is 0 Å². The van der Waals surface area contributed by atoms with E-state index in [0.717, 1.165) is 10.1 Å². The highest BCUT2D eigenvalue weighted by Crippen LogP contribution is 2.46. The number of aromatic nitrogens is 1. The number of para-hydroxylation sites is 1. The molecule has 4 rings (SSSR count). The van der Waals surface area contributed by atoms with Crippen molar-refractivity contribution in [2.45, 2.75) is 25.3 Å². The lowest BCUT2D eigenvalue weighted by molar-refractivity contribution is -0.577. The number of halogens is 2. The smallest absolute Gasteiger partial charge is 0.297 e. The van der Waals surface area contributed by atoms with Crippen LogP contribution in [0.5, 0.6) is 0 Å². The molecular weight excluding hydrogens is 322 g/mol. The van der Waals surface area contributed by atoms with E-state index in [1.165, 1.54) is 26.1 Å². The molecule has 0 radical (unpaired) electrons. The lowest BCUT2D eigenvalue weighted by Gasteiger charge is -2.37. The van der Waals surface area contributed by atoms with Gasteiger partial charge in [0.2, 0.25) is 5.52 Å². The van der Waals surface area contributed by atoms with Gasteiger partial charge in [-0.05, 0) is 26.0 Å². The number of aliphatic imine (C=N–C) groups is 1. The predicted octanol–water partition coefficient (Wildman–Crippen LogP) is 4.19. The summed E-state index contributed by atoms with van der Waals surface area (Å²) in [4.78, 5) is 4.34. The molecule has 0 saturated heterocycles. The molecule has 2 heterocycles. The van der Waals surface area contributed by atoms with Gasteiger partial charge in [-0.3, -0.25) is 4.99 Å². The Bertz CT molecular complexity index is 1030. The summed E-state index contributed by atoms with van der Waals surface area (Å²) in [7, 11) is 0. The minimum Gasteiger partial charge on any atom is -0.618 e. The van der Waals surface area contributed by atoms with Crippen LogP contribution in [0.1, 0.15) is 30.5 Å². The maximum Gasteiger partial charge on any atom is 0.297 e. The monoisotopic (exact) mass is 338 g/mol. The summed E-state index contributed by atoms with van der Waals surface area (Å²) in [5.41, 5.74) is 0.181. The highest BCUT2D eigenvalue weighted by atomic mass is 19.3. The third-order valence-electron chi connectivity index (χ3n) is 4.70. The molecule has 25 heavy (non-hydrogen) atoms. The number of rotatable bonds is 1. The molecule has 0 bridgehead atoms. The van der Waals surface area contributed by atoms with E-state index in [9.17, 15) is 14.0 Å². The van der Waals surface area contributed by atoms with Crippen LogP contribution >= 0.6 is 0 Å². The summed E-state index contributed by atoms with van der Waals surface area (Å²) < 4.78 is 30.4. The zero-order valence-corrected chi connectivity index (χ0v) is 13.8. The van der Waals surface area contributed by atoms with E-state index in [1.54, 1.807) is 30.3 Å². The van der Waals surface area contributed by atoms with Crippen LogP contribution in [-0.4, -0.2) is 11.3 Å². The van der Waals surface area contributed by atoms with Crippen LogP contribution < -0.4 is 4.73 Å². The van der Waals surface area contributed by atoms with Crippen LogP contribution in [0.4, 0.5) is 8.78 Å². The van der Waals surface area contributed by atoms with Crippen LogP contribution in [0.3, 0.4) is 0 Å². The van der Waals surface area contributed by atoms with Crippen molar-refractivity contribution >= 4 is 16.6 Å². The van der Waals surface area contributed by atoms with Gasteiger partial charge in [-0.15, -0.1) is 0 Å². The number of alkyl halides is 2. The number of pyridine rings is 1. The van der Waals surface area contributed by atoms with E-state index in [1.807, 2.05) is 18.2 Å². The van der Waals surface area contributed by atoms with E-state index in [4.69, 9.17) is 0 Å². The minimum atomic E-state index is -3.09. The van der Waals surface area contributed by atoms with Crippen molar-refractivity contribution in [3.8, 4) is 0 Å². The molecule has 0 unspecified atom stereocenters. The van der Waals surface area contributed by atoms with Gasteiger partial charge in [-0.2, -0.15) is 13.5 Å². The van der Waals surface area contributed by atoms with Gasteiger partial charge in [-0.1, -0.05) is 36.4 Å². The zero-order valence-electron chi connectivity index (χ0n) is 13.8. The molecule has 1 aliphatic rings. The second-order valence-corrected chi connectivity index (χ2v) is 6.75. The van der Waals surface area contributed by atoms with E-state index in [0.29, 0.717) is 22.4 Å². The van der Waals surface area contributed by atoms with Gasteiger partial charge in [-0.25, -0.2) is 0 Å². The van der Waals surface area contributed by atoms with Gasteiger partial charge < -0.3 is 5.21 Å². The SMILES string of the molecule is CC1(C)N=C(c2cc3ccccc3[n+]([O-])c2)c2ccccc2C1(F)F. The number of fused-ring (bicyclic) bond motifs is 2. The lowest BCUT2D eigenvalue weighted by Crippen LogP contribution is -2.44. The Kier molecular flexibility index (Phi) is 3.19. The van der Waals surface area contributed by atoms with Gasteiger partial charge in [0.05, 0.1) is 11.3 Å². The average Bonchev–Trinajstić information content (AvgIpc) is 2.58. The van der Waals surface area contributed by atoms with Crippen molar-refractivity contribution in [3.63, 3.8) is 0 Å². The van der Waals surface area contributed by atoms with Gasteiger partial charge in [0.15, 0.2) is 6.20 Å². The fraction of sp³-hybridized carbons (Fsp3) is 0.200. The number of hydrogen-bond acceptors (Lipinski definition) is 2. The zero-order chi connectivity index (χ0) is 17.8. The standard InChI is InChI=1S/C20H16F2N2O/c1-19(2)20(21,22)16-9-5-4-8-15(16)18(23-19)14-11-13-7-3-6-10-17(13)24(25)12-14/h3-12H,1-2H3. The van der Waals surface area contributed by atoms with Crippen molar-refractivity contribution in [1.82, 2.24) is 0 Å². The number of benzene rings is 2. The van der Waals surface area contributed by atoms with E-state index in [-0.39, 0.29) is 5.56 Å². The first kappa shape index (κ1) is 15.7. The van der Waals surface area contributed by atoms with Gasteiger partial charge >= 0.3 is 0 Å². The Hall–Kier alpha value is -2.82. The predicted molar refractivity (Wildman–Crippen MR) is 93.0 cm³/mol. The van der Waals surface area contributed by atoms with Crippen molar-refractivity contribution in [3.05, 3.63) is 82.7 Å². The van der Waals surface area contributed by atoms with Crippen molar-refractivity contribution in [2.24, 2.45) is 4.99 Å². The molecule has 0 fully saturated rings.